The van der Waals surface area contributed by atoms with Crippen LogP contribution in [0.15, 0.2) is 0 Å². The Labute approximate surface area is 97.6 Å². The molecule has 6 heteroatoms. The van der Waals surface area contributed by atoms with Crippen molar-refractivity contribution in [3.05, 3.63) is 0 Å². The van der Waals surface area contributed by atoms with Gasteiger partial charge in [0.05, 0.1) is 17.9 Å². The number of hydrogen-bond acceptors (Lipinski definition) is 4. The average Bonchev–Trinajstić information content (AvgIpc) is 2.20. The van der Waals surface area contributed by atoms with Crippen molar-refractivity contribution < 1.29 is 13.0 Å². The molecule has 0 aliphatic rings. The van der Waals surface area contributed by atoms with E-state index in [1.165, 1.54) is 0 Å². The van der Waals surface area contributed by atoms with Gasteiger partial charge in [0.1, 0.15) is 0 Å². The lowest BCUT2D eigenvalue weighted by Crippen LogP contribution is -2.29. The number of nitrogens with zero attached hydrogens (tertiary/aromatic N) is 1. The van der Waals surface area contributed by atoms with Crippen molar-refractivity contribution >= 4 is 10.1 Å². The summed E-state index contributed by atoms with van der Waals surface area (Å²) in [5.74, 6) is -0.257. The summed E-state index contributed by atoms with van der Waals surface area (Å²) in [6, 6.07) is 1.92. The molecule has 0 rings (SSSR count). The highest BCUT2D eigenvalue weighted by Gasteiger charge is 2.07. The third-order valence-corrected chi connectivity index (χ3v) is 3.03. The van der Waals surface area contributed by atoms with Gasteiger partial charge in [0.15, 0.2) is 0 Å². The largest absolute Gasteiger partial charge is 0.302 e. The van der Waals surface area contributed by atoms with Crippen LogP contribution in [0.25, 0.3) is 0 Å². The molecular weight excluding hydrogens is 228 g/mol. The zero-order chi connectivity index (χ0) is 12.4. The average molecular weight is 248 g/mol. The summed E-state index contributed by atoms with van der Waals surface area (Å²) in [4.78, 5) is 0. The number of nitriles is 1. The lowest BCUT2D eigenvalue weighted by Gasteiger charge is -2.10. The summed E-state index contributed by atoms with van der Waals surface area (Å²) in [5, 5.41) is 11.8. The fourth-order valence-electron chi connectivity index (χ4n) is 1.34. The Bertz CT molecular complexity index is 309. The van der Waals surface area contributed by atoms with E-state index < -0.39 is 10.1 Å². The van der Waals surface area contributed by atoms with Gasteiger partial charge in [0.2, 0.25) is 0 Å². The second kappa shape index (κ2) is 8.50. The van der Waals surface area contributed by atoms with Gasteiger partial charge < -0.3 is 5.32 Å². The summed E-state index contributed by atoms with van der Waals surface area (Å²) in [6.07, 6.45) is 4.33. The minimum atomic E-state index is -3.87. The normalized spacial score (nSPS) is 13.3. The van der Waals surface area contributed by atoms with Gasteiger partial charge in [-0.05, 0) is 19.4 Å². The van der Waals surface area contributed by atoms with E-state index in [1.54, 1.807) is 0 Å². The van der Waals surface area contributed by atoms with Crippen LogP contribution in [0, 0.1) is 11.3 Å². The summed E-state index contributed by atoms with van der Waals surface area (Å²) in [6.45, 7) is 2.53. The zero-order valence-electron chi connectivity index (χ0n) is 9.65. The number of hydrogen-bond donors (Lipinski definition) is 2. The van der Waals surface area contributed by atoms with Crippen LogP contribution < -0.4 is 5.32 Å². The highest BCUT2D eigenvalue weighted by atomic mass is 32.2. The fraction of sp³-hybridized carbons (Fsp3) is 0.900. The summed E-state index contributed by atoms with van der Waals surface area (Å²) < 4.78 is 29.3. The summed E-state index contributed by atoms with van der Waals surface area (Å²) >= 11 is 0. The second-order valence-electron chi connectivity index (χ2n) is 3.77. The van der Waals surface area contributed by atoms with Crippen molar-refractivity contribution in [3.8, 4) is 6.07 Å². The molecule has 1 atom stereocenters. The van der Waals surface area contributed by atoms with Crippen LogP contribution >= 0.6 is 0 Å². The molecule has 94 valence electrons. The van der Waals surface area contributed by atoms with Gasteiger partial charge in [-0.25, -0.2) is 0 Å². The third kappa shape index (κ3) is 9.90. The fourth-order valence-corrected chi connectivity index (χ4v) is 1.85. The molecule has 0 aliphatic carbocycles. The van der Waals surface area contributed by atoms with Crippen LogP contribution in [0.5, 0.6) is 0 Å². The Hall–Kier alpha value is -0.640. The van der Waals surface area contributed by atoms with Crippen molar-refractivity contribution in [2.75, 3.05) is 12.3 Å². The van der Waals surface area contributed by atoms with Gasteiger partial charge in [-0.3, -0.25) is 4.55 Å². The molecule has 0 spiro atoms. The summed E-state index contributed by atoms with van der Waals surface area (Å²) in [5.41, 5.74) is 0. The van der Waals surface area contributed by atoms with Crippen LogP contribution in [0.3, 0.4) is 0 Å². The number of unbranched alkanes of at least 4 members (excludes halogenated alkanes) is 2. The van der Waals surface area contributed by atoms with Gasteiger partial charge in [-0.2, -0.15) is 13.7 Å². The summed E-state index contributed by atoms with van der Waals surface area (Å²) in [7, 11) is -3.87. The molecule has 0 amide bonds. The Balaban J connectivity index is 3.60. The predicted molar refractivity (Wildman–Crippen MR) is 62.6 cm³/mol. The molecule has 0 radical (unpaired) electrons. The van der Waals surface area contributed by atoms with E-state index in [1.807, 2.05) is 0 Å². The van der Waals surface area contributed by atoms with E-state index in [9.17, 15) is 8.42 Å². The van der Waals surface area contributed by atoms with Crippen molar-refractivity contribution in [1.82, 2.24) is 5.32 Å². The van der Waals surface area contributed by atoms with Crippen LogP contribution in [-0.2, 0) is 10.1 Å². The SMILES string of the molecule is CCCCCC(C#N)NCCCS(=O)(=O)O. The van der Waals surface area contributed by atoms with Crippen molar-refractivity contribution in [2.24, 2.45) is 0 Å². The van der Waals surface area contributed by atoms with Gasteiger partial charge in [0.25, 0.3) is 10.1 Å². The van der Waals surface area contributed by atoms with Gasteiger partial charge in [0, 0.05) is 0 Å². The van der Waals surface area contributed by atoms with E-state index in [0.717, 1.165) is 25.7 Å². The molecule has 0 saturated heterocycles. The molecule has 1 unspecified atom stereocenters. The highest BCUT2D eigenvalue weighted by molar-refractivity contribution is 7.85. The number of rotatable bonds is 9. The third-order valence-electron chi connectivity index (χ3n) is 2.22. The van der Waals surface area contributed by atoms with Crippen LogP contribution in [0.2, 0.25) is 0 Å². The highest BCUT2D eigenvalue weighted by Crippen LogP contribution is 2.02. The second-order valence-corrected chi connectivity index (χ2v) is 5.34. The smallest absolute Gasteiger partial charge is 0.264 e. The first-order valence-corrected chi connectivity index (χ1v) is 7.18. The van der Waals surface area contributed by atoms with Gasteiger partial charge >= 0.3 is 0 Å². The zero-order valence-corrected chi connectivity index (χ0v) is 10.5. The number of nitrogens with one attached hydrogen (secondary N) is 1. The molecule has 0 aromatic carbocycles. The quantitative estimate of drug-likeness (QED) is 0.474. The van der Waals surface area contributed by atoms with Crippen LogP contribution in [0.4, 0.5) is 0 Å². The minimum Gasteiger partial charge on any atom is -0.302 e. The molecule has 0 aromatic heterocycles. The first-order chi connectivity index (χ1) is 7.49. The minimum absolute atomic E-state index is 0.215. The molecule has 5 nitrogen and oxygen atoms in total. The Morgan fingerprint density at radius 1 is 1.38 bits per heavy atom. The first kappa shape index (κ1) is 15.4. The molecule has 0 saturated carbocycles. The molecule has 0 aliphatic heterocycles. The van der Waals surface area contributed by atoms with E-state index in [-0.39, 0.29) is 11.8 Å². The lowest BCUT2D eigenvalue weighted by atomic mass is 10.1. The molecular formula is C10H20N2O3S. The molecule has 16 heavy (non-hydrogen) atoms. The van der Waals surface area contributed by atoms with E-state index in [4.69, 9.17) is 9.81 Å². The molecule has 0 heterocycles. The van der Waals surface area contributed by atoms with E-state index in [2.05, 4.69) is 18.3 Å². The Morgan fingerprint density at radius 3 is 2.56 bits per heavy atom. The maximum Gasteiger partial charge on any atom is 0.264 e. The first-order valence-electron chi connectivity index (χ1n) is 5.57. The van der Waals surface area contributed by atoms with Crippen molar-refractivity contribution in [3.63, 3.8) is 0 Å². The Kier molecular flexibility index (Phi) is 8.16. The standard InChI is InChI=1S/C10H20N2O3S/c1-2-3-4-6-10(9-11)12-7-5-8-16(13,14)15/h10,12H,2-8H2,1H3,(H,13,14,15). The van der Waals surface area contributed by atoms with Crippen LogP contribution in [0.1, 0.15) is 39.0 Å². The maximum atomic E-state index is 10.4. The molecule has 0 bridgehead atoms. The molecule has 0 aromatic rings. The predicted octanol–water partition coefficient (Wildman–Crippen LogP) is 1.33. The van der Waals surface area contributed by atoms with Gasteiger partial charge in [-0.15, -0.1) is 0 Å². The Morgan fingerprint density at radius 2 is 2.06 bits per heavy atom. The van der Waals surface area contributed by atoms with Crippen molar-refractivity contribution in [2.45, 2.75) is 45.1 Å². The monoisotopic (exact) mass is 248 g/mol. The van der Waals surface area contributed by atoms with Crippen molar-refractivity contribution in [1.29, 1.82) is 5.26 Å². The molecule has 2 N–H and O–H groups in total. The van der Waals surface area contributed by atoms with Gasteiger partial charge in [-0.1, -0.05) is 26.2 Å². The van der Waals surface area contributed by atoms with E-state index >= 15 is 0 Å². The topological polar surface area (TPSA) is 90.2 Å². The lowest BCUT2D eigenvalue weighted by molar-refractivity contribution is 0.476. The maximum absolute atomic E-state index is 10.4. The van der Waals surface area contributed by atoms with E-state index in [0.29, 0.717) is 13.0 Å². The van der Waals surface area contributed by atoms with Crippen LogP contribution in [-0.4, -0.2) is 31.3 Å². The molecule has 0 fully saturated rings.